The molecule has 0 spiro atoms. The fraction of sp³-hybridized carbons (Fsp3) is 0.833. The SMILES string of the molecule is C[C@H](NC1O[C@@H](CO)[C@H](O)[C@@H](O[C@@H](C)C(=O)O)[C@@H]1N)C(=O)O. The van der Waals surface area contributed by atoms with Crippen molar-refractivity contribution in [3.8, 4) is 0 Å². The van der Waals surface area contributed by atoms with Crippen molar-refractivity contribution in [3.63, 3.8) is 0 Å². The first-order valence-corrected chi connectivity index (χ1v) is 6.76. The van der Waals surface area contributed by atoms with E-state index in [1.807, 2.05) is 0 Å². The van der Waals surface area contributed by atoms with Crippen molar-refractivity contribution in [2.24, 2.45) is 5.73 Å². The average Bonchev–Trinajstić information content (AvgIpc) is 2.45. The number of ether oxygens (including phenoxy) is 2. The van der Waals surface area contributed by atoms with Crippen LogP contribution < -0.4 is 11.1 Å². The van der Waals surface area contributed by atoms with Crippen molar-refractivity contribution in [3.05, 3.63) is 0 Å². The number of hydrogen-bond donors (Lipinski definition) is 6. The molecule has 0 aliphatic carbocycles. The van der Waals surface area contributed by atoms with Crippen LogP contribution in [0.3, 0.4) is 0 Å². The maximum Gasteiger partial charge on any atom is 0.332 e. The predicted octanol–water partition coefficient (Wildman–Crippen LogP) is -2.69. The first-order chi connectivity index (χ1) is 10.2. The summed E-state index contributed by atoms with van der Waals surface area (Å²) in [5.41, 5.74) is 5.89. The molecule has 1 rings (SSSR count). The number of carbonyl (C=O) groups is 2. The lowest BCUT2D eigenvalue weighted by Crippen LogP contribution is -2.68. The van der Waals surface area contributed by atoms with Crippen LogP contribution in [0.2, 0.25) is 0 Å². The number of aliphatic hydroxyl groups excluding tert-OH is 2. The highest BCUT2D eigenvalue weighted by Crippen LogP contribution is 2.22. The van der Waals surface area contributed by atoms with Gasteiger partial charge in [0.25, 0.3) is 0 Å². The normalized spacial score (nSPS) is 34.9. The first-order valence-electron chi connectivity index (χ1n) is 6.76. The first kappa shape index (κ1) is 18.7. The van der Waals surface area contributed by atoms with Gasteiger partial charge in [-0.15, -0.1) is 0 Å². The number of hydrogen-bond acceptors (Lipinski definition) is 8. The third-order valence-electron chi connectivity index (χ3n) is 3.44. The van der Waals surface area contributed by atoms with Gasteiger partial charge in [-0.1, -0.05) is 0 Å². The zero-order valence-electron chi connectivity index (χ0n) is 12.2. The van der Waals surface area contributed by atoms with Crippen LogP contribution >= 0.6 is 0 Å². The fourth-order valence-electron chi connectivity index (χ4n) is 2.06. The van der Waals surface area contributed by atoms with Crippen molar-refractivity contribution >= 4 is 11.9 Å². The molecule has 1 fully saturated rings. The van der Waals surface area contributed by atoms with Crippen LogP contribution in [0.1, 0.15) is 13.8 Å². The molecule has 1 aliphatic rings. The standard InChI is InChI=1S/C12H22N2O8/c1-4(11(17)18)14-10-7(13)9(21-5(2)12(19)20)8(16)6(3-15)22-10/h4-10,14-16H,3,13H2,1-2H3,(H,17,18)(H,19,20)/t4-,5-,6-,7-,8-,9-,10?/m0/s1. The number of rotatable bonds is 7. The van der Waals surface area contributed by atoms with Gasteiger partial charge < -0.3 is 35.6 Å². The van der Waals surface area contributed by atoms with E-state index in [0.29, 0.717) is 0 Å². The molecule has 22 heavy (non-hydrogen) atoms. The van der Waals surface area contributed by atoms with E-state index in [4.69, 9.17) is 25.4 Å². The van der Waals surface area contributed by atoms with Gasteiger partial charge in [0.05, 0.1) is 12.6 Å². The minimum Gasteiger partial charge on any atom is -0.480 e. The number of carboxylic acids is 2. The van der Waals surface area contributed by atoms with Gasteiger partial charge in [0, 0.05) is 0 Å². The molecule has 1 aliphatic heterocycles. The molecule has 0 aromatic rings. The van der Waals surface area contributed by atoms with E-state index in [0.717, 1.165) is 0 Å². The van der Waals surface area contributed by atoms with Gasteiger partial charge in [0.1, 0.15) is 30.6 Å². The summed E-state index contributed by atoms with van der Waals surface area (Å²) in [5.74, 6) is -2.38. The van der Waals surface area contributed by atoms with Crippen LogP contribution in [0.15, 0.2) is 0 Å². The van der Waals surface area contributed by atoms with Gasteiger partial charge in [0.15, 0.2) is 6.10 Å². The number of aliphatic hydroxyl groups is 2. The zero-order valence-corrected chi connectivity index (χ0v) is 12.2. The summed E-state index contributed by atoms with van der Waals surface area (Å²) in [6, 6.07) is -2.02. The van der Waals surface area contributed by atoms with Crippen LogP contribution in [-0.4, -0.2) is 81.7 Å². The second-order valence-corrected chi connectivity index (χ2v) is 5.15. The van der Waals surface area contributed by atoms with Gasteiger partial charge in [-0.05, 0) is 13.8 Å². The molecule has 0 bridgehead atoms. The molecule has 7 N–H and O–H groups in total. The lowest BCUT2D eigenvalue weighted by Gasteiger charge is -2.44. The van der Waals surface area contributed by atoms with Crippen LogP contribution in [0.25, 0.3) is 0 Å². The maximum absolute atomic E-state index is 10.9. The molecule has 1 saturated heterocycles. The van der Waals surface area contributed by atoms with E-state index in [9.17, 15) is 19.8 Å². The Morgan fingerprint density at radius 1 is 1.32 bits per heavy atom. The summed E-state index contributed by atoms with van der Waals surface area (Å²) in [7, 11) is 0. The molecule has 128 valence electrons. The van der Waals surface area contributed by atoms with Gasteiger partial charge >= 0.3 is 11.9 Å². The topological polar surface area (TPSA) is 172 Å². The monoisotopic (exact) mass is 322 g/mol. The largest absolute Gasteiger partial charge is 0.480 e. The van der Waals surface area contributed by atoms with E-state index >= 15 is 0 Å². The van der Waals surface area contributed by atoms with E-state index in [1.54, 1.807) is 0 Å². The van der Waals surface area contributed by atoms with Crippen molar-refractivity contribution in [2.45, 2.75) is 56.6 Å². The molecule has 10 nitrogen and oxygen atoms in total. The Morgan fingerprint density at radius 2 is 1.91 bits per heavy atom. The maximum atomic E-state index is 10.9. The van der Waals surface area contributed by atoms with Gasteiger partial charge in [-0.3, -0.25) is 10.1 Å². The second-order valence-electron chi connectivity index (χ2n) is 5.15. The summed E-state index contributed by atoms with van der Waals surface area (Å²) in [6.45, 7) is 2.08. The minimum atomic E-state index is -1.35. The van der Waals surface area contributed by atoms with Crippen LogP contribution in [0.4, 0.5) is 0 Å². The van der Waals surface area contributed by atoms with Crippen LogP contribution in [0, 0.1) is 0 Å². The Hall–Kier alpha value is -1.30. The zero-order chi connectivity index (χ0) is 17.0. The molecule has 1 heterocycles. The molecule has 0 saturated carbocycles. The number of carboxylic acid groups (broad SMARTS) is 2. The highest BCUT2D eigenvalue weighted by Gasteiger charge is 2.45. The van der Waals surface area contributed by atoms with Crippen molar-refractivity contribution in [2.75, 3.05) is 6.61 Å². The van der Waals surface area contributed by atoms with E-state index in [-0.39, 0.29) is 0 Å². The fourth-order valence-corrected chi connectivity index (χ4v) is 2.06. The lowest BCUT2D eigenvalue weighted by atomic mass is 9.96. The number of nitrogens with one attached hydrogen (secondary N) is 1. The number of nitrogens with two attached hydrogens (primary N) is 1. The van der Waals surface area contributed by atoms with E-state index < -0.39 is 61.3 Å². The molecular formula is C12H22N2O8. The third-order valence-corrected chi connectivity index (χ3v) is 3.44. The molecule has 0 aromatic heterocycles. The van der Waals surface area contributed by atoms with Crippen molar-refractivity contribution < 1.29 is 39.5 Å². The summed E-state index contributed by atoms with van der Waals surface area (Å²) in [6.07, 6.45) is -5.84. The highest BCUT2D eigenvalue weighted by atomic mass is 16.6. The van der Waals surface area contributed by atoms with Crippen LogP contribution in [-0.2, 0) is 19.1 Å². The molecule has 0 radical (unpaired) electrons. The third kappa shape index (κ3) is 4.35. The summed E-state index contributed by atoms with van der Waals surface area (Å²) < 4.78 is 10.6. The molecule has 1 unspecified atom stereocenters. The molecule has 0 aromatic carbocycles. The summed E-state index contributed by atoms with van der Waals surface area (Å²) >= 11 is 0. The second kappa shape index (κ2) is 7.81. The van der Waals surface area contributed by atoms with E-state index in [1.165, 1.54) is 13.8 Å². The van der Waals surface area contributed by atoms with Gasteiger partial charge in [-0.25, -0.2) is 4.79 Å². The quantitative estimate of drug-likeness (QED) is 0.290. The Kier molecular flexibility index (Phi) is 6.66. The number of aliphatic carboxylic acids is 2. The smallest absolute Gasteiger partial charge is 0.332 e. The Bertz CT molecular complexity index is 407. The predicted molar refractivity (Wildman–Crippen MR) is 71.9 cm³/mol. The Balaban J connectivity index is 2.88. The van der Waals surface area contributed by atoms with Crippen LogP contribution in [0.5, 0.6) is 0 Å². The van der Waals surface area contributed by atoms with E-state index in [2.05, 4.69) is 5.32 Å². The molecule has 7 atom stereocenters. The summed E-state index contributed by atoms with van der Waals surface area (Å²) in [4.78, 5) is 21.7. The minimum absolute atomic E-state index is 0.561. The Labute approximate surface area is 126 Å². The highest BCUT2D eigenvalue weighted by molar-refractivity contribution is 5.73. The average molecular weight is 322 g/mol. The van der Waals surface area contributed by atoms with Gasteiger partial charge in [0.2, 0.25) is 0 Å². The molecular weight excluding hydrogens is 300 g/mol. The van der Waals surface area contributed by atoms with Gasteiger partial charge in [-0.2, -0.15) is 0 Å². The molecule has 10 heteroatoms. The van der Waals surface area contributed by atoms with Crippen molar-refractivity contribution in [1.82, 2.24) is 5.32 Å². The summed E-state index contributed by atoms with van der Waals surface area (Å²) in [5, 5.41) is 39.6. The Morgan fingerprint density at radius 3 is 2.36 bits per heavy atom. The molecule has 0 amide bonds. The van der Waals surface area contributed by atoms with Crippen molar-refractivity contribution in [1.29, 1.82) is 0 Å². The lowest BCUT2D eigenvalue weighted by molar-refractivity contribution is -0.222.